The van der Waals surface area contributed by atoms with Crippen molar-refractivity contribution in [3.05, 3.63) is 40.5 Å². The van der Waals surface area contributed by atoms with Gasteiger partial charge < -0.3 is 0 Å². The van der Waals surface area contributed by atoms with Crippen molar-refractivity contribution in [2.75, 3.05) is 0 Å². The molecule has 1 rings (SSSR count). The molecule has 0 atom stereocenters. The molecule has 0 N–H and O–H groups in total. The second-order valence-electron chi connectivity index (χ2n) is 3.80. The maximum absolute atomic E-state index is 13.8. The van der Waals surface area contributed by atoms with Crippen LogP contribution in [0.15, 0.2) is 6.58 Å². The summed E-state index contributed by atoms with van der Waals surface area (Å²) in [4.78, 5) is 0. The molecule has 0 aliphatic carbocycles. The first kappa shape index (κ1) is 16.9. The van der Waals surface area contributed by atoms with Crippen LogP contribution in [0.2, 0.25) is 0 Å². The van der Waals surface area contributed by atoms with Crippen LogP contribution in [0.1, 0.15) is 22.3 Å². The van der Waals surface area contributed by atoms with Gasteiger partial charge in [0.15, 0.2) is 0 Å². The fourth-order valence-corrected chi connectivity index (χ4v) is 1.77. The first-order valence-electron chi connectivity index (χ1n) is 5.14. The SMILES string of the molecule is C=Cc1c(F)c(C(F)(F)F)c(CC#N)c(F)c1C(F)(F)F. The Hall–Kier alpha value is -2.11. The van der Waals surface area contributed by atoms with E-state index in [9.17, 15) is 35.1 Å². The average molecular weight is 315 g/mol. The Bertz CT molecular complexity index is 618. The molecule has 0 unspecified atom stereocenters. The van der Waals surface area contributed by atoms with E-state index < -0.39 is 52.7 Å². The van der Waals surface area contributed by atoms with Crippen molar-refractivity contribution in [2.45, 2.75) is 18.8 Å². The van der Waals surface area contributed by atoms with Gasteiger partial charge in [-0.25, -0.2) is 8.78 Å². The van der Waals surface area contributed by atoms with E-state index in [1.54, 1.807) is 0 Å². The first-order valence-corrected chi connectivity index (χ1v) is 5.14. The molecule has 9 heteroatoms. The summed E-state index contributed by atoms with van der Waals surface area (Å²) in [7, 11) is 0. The third-order valence-corrected chi connectivity index (χ3v) is 2.54. The lowest BCUT2D eigenvalue weighted by Gasteiger charge is -2.20. The van der Waals surface area contributed by atoms with Gasteiger partial charge in [0.1, 0.15) is 17.2 Å². The van der Waals surface area contributed by atoms with Gasteiger partial charge in [0.25, 0.3) is 0 Å². The van der Waals surface area contributed by atoms with E-state index in [0.29, 0.717) is 0 Å². The van der Waals surface area contributed by atoms with Crippen molar-refractivity contribution in [3.8, 4) is 6.07 Å². The predicted octanol–water partition coefficient (Wildman–Crippen LogP) is 4.71. The van der Waals surface area contributed by atoms with Gasteiger partial charge in [0, 0.05) is 11.1 Å². The van der Waals surface area contributed by atoms with Gasteiger partial charge in [0.2, 0.25) is 0 Å². The summed E-state index contributed by atoms with van der Waals surface area (Å²) in [5.41, 5.74) is -7.77. The molecule has 0 bridgehead atoms. The third kappa shape index (κ3) is 2.99. The van der Waals surface area contributed by atoms with Gasteiger partial charge in [-0.2, -0.15) is 31.6 Å². The van der Waals surface area contributed by atoms with Crippen LogP contribution in [0.5, 0.6) is 0 Å². The summed E-state index contributed by atoms with van der Waals surface area (Å²) >= 11 is 0. The zero-order valence-corrected chi connectivity index (χ0v) is 9.96. The predicted molar refractivity (Wildman–Crippen MR) is 55.8 cm³/mol. The van der Waals surface area contributed by atoms with Crippen LogP contribution in [0, 0.1) is 23.0 Å². The Balaban J connectivity index is 4.00. The van der Waals surface area contributed by atoms with Gasteiger partial charge in [0.05, 0.1) is 18.1 Å². The van der Waals surface area contributed by atoms with E-state index >= 15 is 0 Å². The molecule has 0 aliphatic rings. The van der Waals surface area contributed by atoms with E-state index in [0.717, 1.165) is 6.07 Å². The number of hydrogen-bond donors (Lipinski definition) is 0. The second-order valence-corrected chi connectivity index (χ2v) is 3.80. The van der Waals surface area contributed by atoms with Crippen LogP contribution in [0.4, 0.5) is 35.1 Å². The number of rotatable bonds is 2. The molecule has 0 aromatic heterocycles. The smallest absolute Gasteiger partial charge is 0.206 e. The summed E-state index contributed by atoms with van der Waals surface area (Å²) < 4.78 is 104. The third-order valence-electron chi connectivity index (χ3n) is 2.54. The van der Waals surface area contributed by atoms with Crippen LogP contribution in [-0.2, 0) is 18.8 Å². The van der Waals surface area contributed by atoms with E-state index in [-0.39, 0.29) is 6.08 Å². The van der Waals surface area contributed by atoms with Crippen molar-refractivity contribution >= 4 is 6.08 Å². The zero-order chi connectivity index (χ0) is 16.6. The molecule has 0 radical (unpaired) electrons. The molecule has 1 aromatic rings. The Morgan fingerprint density at radius 2 is 1.43 bits per heavy atom. The fraction of sp³-hybridized carbons (Fsp3) is 0.250. The minimum atomic E-state index is -5.46. The minimum Gasteiger partial charge on any atom is -0.206 e. The number of alkyl halides is 6. The highest BCUT2D eigenvalue weighted by Crippen LogP contribution is 2.43. The van der Waals surface area contributed by atoms with Crippen LogP contribution in [-0.4, -0.2) is 0 Å². The van der Waals surface area contributed by atoms with Crippen molar-refractivity contribution < 1.29 is 35.1 Å². The van der Waals surface area contributed by atoms with Crippen LogP contribution in [0.25, 0.3) is 6.08 Å². The molecule has 114 valence electrons. The number of benzene rings is 1. The maximum atomic E-state index is 13.8. The molecule has 0 spiro atoms. The van der Waals surface area contributed by atoms with Crippen LogP contribution in [0.3, 0.4) is 0 Å². The van der Waals surface area contributed by atoms with Gasteiger partial charge in [-0.1, -0.05) is 12.7 Å². The molecule has 0 fully saturated rings. The van der Waals surface area contributed by atoms with Gasteiger partial charge >= 0.3 is 12.4 Å². The van der Waals surface area contributed by atoms with Crippen LogP contribution < -0.4 is 0 Å². The Morgan fingerprint density at radius 3 is 1.76 bits per heavy atom. The van der Waals surface area contributed by atoms with Gasteiger partial charge in [-0.05, 0) is 0 Å². The Morgan fingerprint density at radius 1 is 0.952 bits per heavy atom. The van der Waals surface area contributed by atoms with Gasteiger partial charge in [-0.15, -0.1) is 0 Å². The molecule has 0 aliphatic heterocycles. The standard InChI is InChI=1S/C12H5F8N/c1-2-5-7(11(15,16)17)10(14)6(3-4-21)8(9(5)13)12(18,19)20/h2H,1,3H2. The number of nitriles is 1. The van der Waals surface area contributed by atoms with Crippen molar-refractivity contribution in [1.82, 2.24) is 0 Å². The fourth-order valence-electron chi connectivity index (χ4n) is 1.77. The minimum absolute atomic E-state index is 0.145. The summed E-state index contributed by atoms with van der Waals surface area (Å²) in [5.74, 6) is -4.64. The number of halogens is 8. The second kappa shape index (κ2) is 5.35. The molecule has 0 saturated carbocycles. The van der Waals surface area contributed by atoms with E-state index in [2.05, 4.69) is 6.58 Å². The molecule has 0 saturated heterocycles. The number of nitrogens with zero attached hydrogens (tertiary/aromatic N) is 1. The van der Waals surface area contributed by atoms with E-state index in [1.165, 1.54) is 0 Å². The highest BCUT2D eigenvalue weighted by molar-refractivity contribution is 5.59. The Labute approximate surface area is 113 Å². The number of hydrogen-bond acceptors (Lipinski definition) is 1. The monoisotopic (exact) mass is 315 g/mol. The summed E-state index contributed by atoms with van der Waals surface area (Å²) in [5, 5.41) is 8.34. The quantitative estimate of drug-likeness (QED) is 0.725. The lowest BCUT2D eigenvalue weighted by molar-refractivity contribution is -0.145. The largest absolute Gasteiger partial charge is 0.419 e. The van der Waals surface area contributed by atoms with Crippen molar-refractivity contribution in [3.63, 3.8) is 0 Å². The normalized spacial score (nSPS) is 12.1. The molecule has 0 heterocycles. The zero-order valence-electron chi connectivity index (χ0n) is 9.96. The van der Waals surface area contributed by atoms with Crippen molar-refractivity contribution in [1.29, 1.82) is 5.26 Å². The molecule has 1 nitrogen and oxygen atoms in total. The van der Waals surface area contributed by atoms with Gasteiger partial charge in [-0.3, -0.25) is 0 Å². The molecule has 21 heavy (non-hydrogen) atoms. The molecule has 0 amide bonds. The lowest BCUT2D eigenvalue weighted by Crippen LogP contribution is -2.21. The average Bonchev–Trinajstić information content (AvgIpc) is 2.29. The lowest BCUT2D eigenvalue weighted by atomic mass is 9.94. The maximum Gasteiger partial charge on any atom is 0.419 e. The Kier molecular flexibility index (Phi) is 4.32. The summed E-state index contributed by atoms with van der Waals surface area (Å²) in [6.07, 6.45) is -12.1. The van der Waals surface area contributed by atoms with Crippen LogP contribution >= 0.6 is 0 Å². The summed E-state index contributed by atoms with van der Waals surface area (Å²) in [6.45, 7) is 2.77. The molecule has 1 aromatic carbocycles. The topological polar surface area (TPSA) is 23.8 Å². The molecular weight excluding hydrogens is 310 g/mol. The van der Waals surface area contributed by atoms with E-state index in [4.69, 9.17) is 5.26 Å². The highest BCUT2D eigenvalue weighted by atomic mass is 19.4. The van der Waals surface area contributed by atoms with Crippen molar-refractivity contribution in [2.24, 2.45) is 0 Å². The molecular formula is C12H5F8N. The van der Waals surface area contributed by atoms with E-state index in [1.807, 2.05) is 0 Å². The first-order chi connectivity index (χ1) is 9.46. The summed E-state index contributed by atoms with van der Waals surface area (Å²) in [6, 6.07) is 1.08. The highest BCUT2D eigenvalue weighted by Gasteiger charge is 2.45.